The summed E-state index contributed by atoms with van der Waals surface area (Å²) in [4.78, 5) is 0. The SMILES string of the molecule is CCC(CC)CN(CC)S(=O)(=O)C1CCNC1. The van der Waals surface area contributed by atoms with E-state index in [1.165, 1.54) is 0 Å². The first-order valence-corrected chi connectivity index (χ1v) is 8.26. The fourth-order valence-corrected chi connectivity index (χ4v) is 4.29. The maximum absolute atomic E-state index is 12.4. The van der Waals surface area contributed by atoms with E-state index in [0.717, 1.165) is 25.8 Å². The van der Waals surface area contributed by atoms with Crippen LogP contribution in [-0.2, 0) is 10.0 Å². The van der Waals surface area contributed by atoms with Gasteiger partial charge in [-0.05, 0) is 18.9 Å². The van der Waals surface area contributed by atoms with Gasteiger partial charge in [0.15, 0.2) is 0 Å². The molecule has 0 radical (unpaired) electrons. The van der Waals surface area contributed by atoms with Crippen molar-refractivity contribution in [3.63, 3.8) is 0 Å². The molecule has 1 aliphatic heterocycles. The monoisotopic (exact) mass is 262 g/mol. The fraction of sp³-hybridized carbons (Fsp3) is 1.00. The fourth-order valence-electron chi connectivity index (χ4n) is 2.34. The lowest BCUT2D eigenvalue weighted by Crippen LogP contribution is -2.42. The van der Waals surface area contributed by atoms with Gasteiger partial charge in [0.2, 0.25) is 10.0 Å². The molecule has 1 fully saturated rings. The normalized spacial score (nSPS) is 21.6. The Labute approximate surface area is 106 Å². The van der Waals surface area contributed by atoms with Crippen molar-refractivity contribution in [2.45, 2.75) is 45.3 Å². The molecule has 1 N–H and O–H groups in total. The molecule has 1 atom stereocenters. The second-order valence-corrected chi connectivity index (χ2v) is 7.01. The standard InChI is InChI=1S/C12H26N2O2S/c1-4-11(5-2)10-14(6-3)17(15,16)12-7-8-13-9-12/h11-13H,4-10H2,1-3H3. The molecule has 1 unspecified atom stereocenters. The van der Waals surface area contributed by atoms with E-state index in [0.29, 0.717) is 25.6 Å². The number of hydrogen-bond acceptors (Lipinski definition) is 3. The van der Waals surface area contributed by atoms with Crippen molar-refractivity contribution in [2.24, 2.45) is 5.92 Å². The summed E-state index contributed by atoms with van der Waals surface area (Å²) in [5.74, 6) is 0.485. The largest absolute Gasteiger partial charge is 0.315 e. The zero-order valence-corrected chi connectivity index (χ0v) is 12.1. The third kappa shape index (κ3) is 3.66. The molecule has 0 saturated carbocycles. The summed E-state index contributed by atoms with van der Waals surface area (Å²) in [7, 11) is -3.10. The van der Waals surface area contributed by atoms with Gasteiger partial charge in [-0.15, -0.1) is 0 Å². The molecule has 1 saturated heterocycles. The molecule has 0 aromatic rings. The van der Waals surface area contributed by atoms with E-state index in [1.807, 2.05) is 6.92 Å². The highest BCUT2D eigenvalue weighted by Crippen LogP contribution is 2.19. The van der Waals surface area contributed by atoms with Crippen molar-refractivity contribution >= 4 is 10.0 Å². The van der Waals surface area contributed by atoms with Crippen LogP contribution in [0.2, 0.25) is 0 Å². The van der Waals surface area contributed by atoms with E-state index < -0.39 is 10.0 Å². The summed E-state index contributed by atoms with van der Waals surface area (Å²) in [6.07, 6.45) is 2.85. The molecule has 0 aliphatic carbocycles. The average molecular weight is 262 g/mol. The van der Waals surface area contributed by atoms with E-state index in [2.05, 4.69) is 19.2 Å². The topological polar surface area (TPSA) is 49.4 Å². The van der Waals surface area contributed by atoms with E-state index in [9.17, 15) is 8.42 Å². The molecule has 0 aromatic carbocycles. The number of nitrogens with one attached hydrogen (secondary N) is 1. The Bertz CT molecular complexity index is 306. The zero-order valence-electron chi connectivity index (χ0n) is 11.3. The summed E-state index contributed by atoms with van der Waals surface area (Å²) in [5, 5.41) is 2.92. The highest BCUT2D eigenvalue weighted by atomic mass is 32.2. The van der Waals surface area contributed by atoms with Gasteiger partial charge in [0.05, 0.1) is 5.25 Å². The quantitative estimate of drug-likeness (QED) is 0.755. The van der Waals surface area contributed by atoms with Crippen LogP contribution in [0.25, 0.3) is 0 Å². The minimum atomic E-state index is -3.10. The molecule has 5 heteroatoms. The summed E-state index contributed by atoms with van der Waals surface area (Å²) in [6.45, 7) is 8.91. The first-order valence-electron chi connectivity index (χ1n) is 6.75. The van der Waals surface area contributed by atoms with Crippen molar-refractivity contribution in [1.29, 1.82) is 0 Å². The third-order valence-electron chi connectivity index (χ3n) is 3.77. The van der Waals surface area contributed by atoms with E-state index in [1.54, 1.807) is 4.31 Å². The number of sulfonamides is 1. The molecule has 1 aliphatic rings. The van der Waals surface area contributed by atoms with Crippen molar-refractivity contribution in [2.75, 3.05) is 26.2 Å². The zero-order chi connectivity index (χ0) is 12.9. The van der Waals surface area contributed by atoms with Crippen LogP contribution >= 0.6 is 0 Å². The second-order valence-electron chi connectivity index (χ2n) is 4.79. The first kappa shape index (κ1) is 14.9. The number of nitrogens with zero attached hydrogens (tertiary/aromatic N) is 1. The van der Waals surface area contributed by atoms with Gasteiger partial charge < -0.3 is 5.32 Å². The lowest BCUT2D eigenvalue weighted by atomic mass is 10.0. The summed E-state index contributed by atoms with van der Waals surface area (Å²) in [5.41, 5.74) is 0. The molecule has 0 bridgehead atoms. The van der Waals surface area contributed by atoms with Crippen LogP contribution in [0.15, 0.2) is 0 Å². The van der Waals surface area contributed by atoms with Crippen LogP contribution in [0.3, 0.4) is 0 Å². The second kappa shape index (κ2) is 6.71. The number of hydrogen-bond donors (Lipinski definition) is 1. The van der Waals surface area contributed by atoms with E-state index in [4.69, 9.17) is 0 Å². The minimum absolute atomic E-state index is 0.211. The Kier molecular flexibility index (Phi) is 5.89. The van der Waals surface area contributed by atoms with Crippen LogP contribution in [0.5, 0.6) is 0 Å². The van der Waals surface area contributed by atoms with Crippen molar-refractivity contribution in [3.8, 4) is 0 Å². The van der Waals surface area contributed by atoms with Gasteiger partial charge in [0.25, 0.3) is 0 Å². The van der Waals surface area contributed by atoms with Gasteiger partial charge in [-0.3, -0.25) is 0 Å². The Morgan fingerprint density at radius 3 is 2.35 bits per heavy atom. The van der Waals surface area contributed by atoms with Crippen LogP contribution in [-0.4, -0.2) is 44.2 Å². The summed E-state index contributed by atoms with van der Waals surface area (Å²) >= 11 is 0. The average Bonchev–Trinajstić information content (AvgIpc) is 2.84. The van der Waals surface area contributed by atoms with Gasteiger partial charge in [0, 0.05) is 19.6 Å². The molecular weight excluding hydrogens is 236 g/mol. The maximum atomic E-state index is 12.4. The van der Waals surface area contributed by atoms with Gasteiger partial charge in [-0.1, -0.05) is 33.6 Å². The molecule has 102 valence electrons. The summed E-state index contributed by atoms with van der Waals surface area (Å²) in [6, 6.07) is 0. The highest BCUT2D eigenvalue weighted by molar-refractivity contribution is 7.89. The predicted molar refractivity (Wildman–Crippen MR) is 71.5 cm³/mol. The van der Waals surface area contributed by atoms with Crippen molar-refractivity contribution in [3.05, 3.63) is 0 Å². The molecular formula is C12H26N2O2S. The van der Waals surface area contributed by atoms with Crippen molar-refractivity contribution in [1.82, 2.24) is 9.62 Å². The highest BCUT2D eigenvalue weighted by Gasteiger charge is 2.33. The molecule has 0 spiro atoms. The van der Waals surface area contributed by atoms with Gasteiger partial charge in [-0.25, -0.2) is 12.7 Å². The van der Waals surface area contributed by atoms with E-state index >= 15 is 0 Å². The van der Waals surface area contributed by atoms with Crippen molar-refractivity contribution < 1.29 is 8.42 Å². The predicted octanol–water partition coefficient (Wildman–Crippen LogP) is 1.44. The molecule has 1 heterocycles. The molecule has 0 amide bonds. The van der Waals surface area contributed by atoms with E-state index in [-0.39, 0.29) is 5.25 Å². The number of rotatable bonds is 7. The lowest BCUT2D eigenvalue weighted by molar-refractivity contribution is 0.336. The molecule has 0 aromatic heterocycles. The van der Waals surface area contributed by atoms with Crippen LogP contribution < -0.4 is 5.32 Å². The molecule has 1 rings (SSSR count). The lowest BCUT2D eigenvalue weighted by Gasteiger charge is -2.27. The Morgan fingerprint density at radius 2 is 1.94 bits per heavy atom. The van der Waals surface area contributed by atoms with Crippen LogP contribution in [0.4, 0.5) is 0 Å². The Balaban J connectivity index is 2.71. The minimum Gasteiger partial charge on any atom is -0.315 e. The van der Waals surface area contributed by atoms with Gasteiger partial charge >= 0.3 is 0 Å². The van der Waals surface area contributed by atoms with Gasteiger partial charge in [0.1, 0.15) is 0 Å². The maximum Gasteiger partial charge on any atom is 0.218 e. The van der Waals surface area contributed by atoms with Gasteiger partial charge in [-0.2, -0.15) is 0 Å². The summed E-state index contributed by atoms with van der Waals surface area (Å²) < 4.78 is 26.5. The molecule has 4 nitrogen and oxygen atoms in total. The molecule has 17 heavy (non-hydrogen) atoms. The smallest absolute Gasteiger partial charge is 0.218 e. The third-order valence-corrected chi connectivity index (χ3v) is 6.14. The first-order chi connectivity index (χ1) is 8.06. The van der Waals surface area contributed by atoms with Crippen LogP contribution in [0.1, 0.15) is 40.0 Å². The Morgan fingerprint density at radius 1 is 1.29 bits per heavy atom. The Hall–Kier alpha value is -0.130. The van der Waals surface area contributed by atoms with Crippen LogP contribution in [0, 0.1) is 5.92 Å².